The zero-order valence-corrected chi connectivity index (χ0v) is 24.2. The third kappa shape index (κ3) is 9.94. The van der Waals surface area contributed by atoms with Crippen molar-refractivity contribution in [1.29, 1.82) is 0 Å². The monoisotopic (exact) mass is 587 g/mol. The van der Waals surface area contributed by atoms with E-state index in [4.69, 9.17) is 9.84 Å². The number of carbonyl (C=O) groups is 4. The Balaban J connectivity index is 1.34. The summed E-state index contributed by atoms with van der Waals surface area (Å²) in [7, 11) is 0. The van der Waals surface area contributed by atoms with Crippen molar-refractivity contribution in [3.05, 3.63) is 89.5 Å². The van der Waals surface area contributed by atoms with E-state index in [0.717, 1.165) is 36.4 Å². The van der Waals surface area contributed by atoms with Gasteiger partial charge in [0.1, 0.15) is 0 Å². The number of nitrogens with zero attached hydrogens (tertiary/aromatic N) is 2. The predicted octanol–water partition coefficient (Wildman–Crippen LogP) is 4.07. The number of hydrogen-bond donors (Lipinski definition) is 4. The van der Waals surface area contributed by atoms with Gasteiger partial charge in [0.25, 0.3) is 0 Å². The molecule has 0 unspecified atom stereocenters. The normalized spacial score (nSPS) is 13.1. The topological polar surface area (TPSA) is 140 Å². The summed E-state index contributed by atoms with van der Waals surface area (Å²) in [5.41, 5.74) is 3.56. The van der Waals surface area contributed by atoms with Crippen LogP contribution in [0.5, 0.6) is 0 Å². The average Bonchev–Trinajstić information content (AvgIpc) is 2.99. The number of amides is 4. The van der Waals surface area contributed by atoms with E-state index in [1.54, 1.807) is 29.2 Å². The van der Waals surface area contributed by atoms with Gasteiger partial charge in [-0.1, -0.05) is 30.3 Å². The molecule has 43 heavy (non-hydrogen) atoms. The minimum absolute atomic E-state index is 0.0911. The lowest BCUT2D eigenvalue weighted by atomic mass is 10.1. The van der Waals surface area contributed by atoms with Gasteiger partial charge in [0, 0.05) is 43.2 Å². The van der Waals surface area contributed by atoms with Gasteiger partial charge in [0.15, 0.2) is 0 Å². The Labute approximate surface area is 250 Å². The number of aromatic carboxylic acids is 1. The van der Waals surface area contributed by atoms with Crippen LogP contribution in [0.2, 0.25) is 0 Å². The minimum Gasteiger partial charge on any atom is -0.478 e. The van der Waals surface area contributed by atoms with Gasteiger partial charge in [0.2, 0.25) is 11.8 Å². The number of urea groups is 1. The summed E-state index contributed by atoms with van der Waals surface area (Å²) in [6, 6.07) is 20.0. The molecule has 0 spiro atoms. The quantitative estimate of drug-likeness (QED) is 0.250. The summed E-state index contributed by atoms with van der Waals surface area (Å²) in [4.78, 5) is 53.6. The summed E-state index contributed by atoms with van der Waals surface area (Å²) in [5, 5.41) is 17.4. The molecule has 1 aliphatic rings. The fraction of sp³-hybridized carbons (Fsp3) is 0.312. The number of rotatable bonds is 12. The van der Waals surface area contributed by atoms with Gasteiger partial charge in [-0.15, -0.1) is 0 Å². The first-order valence-electron chi connectivity index (χ1n) is 14.2. The Morgan fingerprint density at radius 1 is 0.860 bits per heavy atom. The first-order valence-corrected chi connectivity index (χ1v) is 14.2. The summed E-state index contributed by atoms with van der Waals surface area (Å²) < 4.78 is 5.40. The second-order valence-electron chi connectivity index (χ2n) is 10.3. The van der Waals surface area contributed by atoms with E-state index < -0.39 is 5.97 Å². The van der Waals surface area contributed by atoms with Crippen LogP contribution in [0.15, 0.2) is 72.8 Å². The van der Waals surface area contributed by atoms with E-state index in [1.165, 1.54) is 24.3 Å². The van der Waals surface area contributed by atoms with Crippen molar-refractivity contribution in [2.24, 2.45) is 0 Å². The number of carboxylic acids is 1. The molecule has 11 nitrogen and oxygen atoms in total. The van der Waals surface area contributed by atoms with Crippen molar-refractivity contribution in [3.8, 4) is 0 Å². The number of carboxylic acid groups (broad SMARTS) is 1. The first kappa shape index (κ1) is 31.2. The fourth-order valence-electron chi connectivity index (χ4n) is 4.66. The van der Waals surface area contributed by atoms with Crippen LogP contribution in [0, 0.1) is 6.92 Å². The van der Waals surface area contributed by atoms with Crippen LogP contribution in [0.1, 0.15) is 27.9 Å². The van der Waals surface area contributed by atoms with E-state index in [-0.39, 0.29) is 36.4 Å². The molecule has 1 aliphatic heterocycles. The van der Waals surface area contributed by atoms with Crippen molar-refractivity contribution >= 4 is 40.9 Å². The van der Waals surface area contributed by atoms with E-state index in [1.807, 2.05) is 31.2 Å². The van der Waals surface area contributed by atoms with Gasteiger partial charge in [-0.3, -0.25) is 14.5 Å². The number of para-hydroxylation sites is 1. The maximum atomic E-state index is 13.4. The molecule has 11 heteroatoms. The number of hydrogen-bond acceptors (Lipinski definition) is 6. The van der Waals surface area contributed by atoms with Gasteiger partial charge in [-0.2, -0.15) is 0 Å². The molecule has 4 rings (SSSR count). The van der Waals surface area contributed by atoms with Crippen LogP contribution >= 0.6 is 0 Å². The molecule has 0 aliphatic carbocycles. The van der Waals surface area contributed by atoms with Crippen LogP contribution in [0.4, 0.5) is 21.9 Å². The molecule has 226 valence electrons. The molecule has 3 aromatic carbocycles. The standard InChI is InChI=1S/C32H37N5O6/c1-23-5-2-3-6-28(23)35-32(42)34-27-11-7-24(8-12-27)21-30(39)37(16-4-15-36-17-19-43-20-18-36)22-29(38)33-26-13-9-25(10-14-26)31(40)41/h2-3,5-14H,4,15-22H2,1H3,(H,33,38)(H,40,41)(H2,34,35,42). The van der Waals surface area contributed by atoms with Gasteiger partial charge in [-0.05, 0) is 66.9 Å². The van der Waals surface area contributed by atoms with Crippen LogP contribution < -0.4 is 16.0 Å². The lowest BCUT2D eigenvalue weighted by Crippen LogP contribution is -2.42. The third-order valence-corrected chi connectivity index (χ3v) is 7.07. The Hall–Kier alpha value is -4.74. The second-order valence-corrected chi connectivity index (χ2v) is 10.3. The van der Waals surface area contributed by atoms with Gasteiger partial charge in [0.05, 0.1) is 31.7 Å². The highest BCUT2D eigenvalue weighted by Crippen LogP contribution is 2.16. The molecule has 1 heterocycles. The van der Waals surface area contributed by atoms with Crippen LogP contribution in [-0.4, -0.2) is 84.7 Å². The van der Waals surface area contributed by atoms with Gasteiger partial charge >= 0.3 is 12.0 Å². The molecule has 1 fully saturated rings. The highest BCUT2D eigenvalue weighted by atomic mass is 16.5. The smallest absolute Gasteiger partial charge is 0.335 e. The number of ether oxygens (including phenoxy) is 1. The number of nitrogens with one attached hydrogen (secondary N) is 3. The molecule has 1 saturated heterocycles. The molecule has 0 aromatic heterocycles. The van der Waals surface area contributed by atoms with Gasteiger partial charge < -0.3 is 30.7 Å². The van der Waals surface area contributed by atoms with E-state index in [0.29, 0.717) is 37.6 Å². The molecule has 0 bridgehead atoms. The number of benzene rings is 3. The van der Waals surface area contributed by atoms with Crippen LogP contribution in [-0.2, 0) is 20.7 Å². The average molecular weight is 588 g/mol. The summed E-state index contributed by atoms with van der Waals surface area (Å²) in [6.45, 7) is 6.01. The molecule has 4 N–H and O–H groups in total. The Kier molecular flexibility index (Phi) is 11.2. The summed E-state index contributed by atoms with van der Waals surface area (Å²) >= 11 is 0. The van der Waals surface area contributed by atoms with Crippen LogP contribution in [0.3, 0.4) is 0 Å². The van der Waals surface area contributed by atoms with Gasteiger partial charge in [-0.25, -0.2) is 9.59 Å². The van der Waals surface area contributed by atoms with E-state index >= 15 is 0 Å². The largest absolute Gasteiger partial charge is 0.478 e. The number of aryl methyl sites for hydroxylation is 1. The van der Waals surface area contributed by atoms with Crippen molar-refractivity contribution in [3.63, 3.8) is 0 Å². The molecular formula is C32H37N5O6. The van der Waals surface area contributed by atoms with Crippen LogP contribution in [0.25, 0.3) is 0 Å². The SMILES string of the molecule is Cc1ccccc1NC(=O)Nc1ccc(CC(=O)N(CCCN2CCOCC2)CC(=O)Nc2ccc(C(=O)O)cc2)cc1. The third-order valence-electron chi connectivity index (χ3n) is 7.07. The molecular weight excluding hydrogens is 550 g/mol. The highest BCUT2D eigenvalue weighted by Gasteiger charge is 2.19. The number of morpholine rings is 1. The van der Waals surface area contributed by atoms with Crippen molar-refractivity contribution in [2.75, 3.05) is 61.9 Å². The first-order chi connectivity index (χ1) is 20.8. The lowest BCUT2D eigenvalue weighted by Gasteiger charge is -2.28. The number of anilines is 3. The maximum absolute atomic E-state index is 13.4. The fourth-order valence-corrected chi connectivity index (χ4v) is 4.66. The molecule has 3 aromatic rings. The summed E-state index contributed by atoms with van der Waals surface area (Å²) in [6.07, 6.45) is 0.791. The summed E-state index contributed by atoms with van der Waals surface area (Å²) in [5.74, 6) is -1.62. The predicted molar refractivity (Wildman–Crippen MR) is 164 cm³/mol. The second kappa shape index (κ2) is 15.5. The zero-order valence-electron chi connectivity index (χ0n) is 24.2. The maximum Gasteiger partial charge on any atom is 0.335 e. The lowest BCUT2D eigenvalue weighted by molar-refractivity contribution is -0.134. The molecule has 4 amide bonds. The Bertz CT molecular complexity index is 1400. The van der Waals surface area contributed by atoms with Crippen molar-refractivity contribution < 1.29 is 29.0 Å². The number of carbonyl (C=O) groups excluding carboxylic acids is 3. The Morgan fingerprint density at radius 2 is 1.51 bits per heavy atom. The van der Waals surface area contributed by atoms with E-state index in [2.05, 4.69) is 20.9 Å². The molecule has 0 saturated carbocycles. The van der Waals surface area contributed by atoms with Crippen molar-refractivity contribution in [1.82, 2.24) is 9.80 Å². The minimum atomic E-state index is -1.05. The highest BCUT2D eigenvalue weighted by molar-refractivity contribution is 6.00. The van der Waals surface area contributed by atoms with Crippen molar-refractivity contribution in [2.45, 2.75) is 19.8 Å². The Morgan fingerprint density at radius 3 is 2.19 bits per heavy atom. The van der Waals surface area contributed by atoms with E-state index in [9.17, 15) is 19.2 Å². The molecule has 0 atom stereocenters. The molecule has 0 radical (unpaired) electrons. The zero-order chi connectivity index (χ0) is 30.6.